The van der Waals surface area contributed by atoms with Crippen molar-refractivity contribution >= 4 is 34.6 Å². The quantitative estimate of drug-likeness (QED) is 0.828. The number of piperazine rings is 1. The monoisotopic (exact) mass is 334 g/mol. The number of benzene rings is 1. The summed E-state index contributed by atoms with van der Waals surface area (Å²) in [5.74, 6) is 0.271. The molecule has 0 unspecified atom stereocenters. The number of nitrogens with zero attached hydrogens (tertiary/aromatic N) is 2. The van der Waals surface area contributed by atoms with Crippen molar-refractivity contribution < 1.29 is 4.79 Å². The summed E-state index contributed by atoms with van der Waals surface area (Å²) >= 11 is 5.18. The average Bonchev–Trinajstić information content (AvgIpc) is 2.48. The first-order chi connectivity index (χ1) is 10.9. The van der Waals surface area contributed by atoms with Gasteiger partial charge in [0, 0.05) is 44.0 Å². The van der Waals surface area contributed by atoms with E-state index in [0.29, 0.717) is 17.5 Å². The fourth-order valence-electron chi connectivity index (χ4n) is 2.53. The highest BCUT2D eigenvalue weighted by Gasteiger charge is 2.14. The zero-order chi connectivity index (χ0) is 16.8. The summed E-state index contributed by atoms with van der Waals surface area (Å²) in [5.41, 5.74) is 2.11. The number of nitrogens with one attached hydrogen (secondary N) is 2. The summed E-state index contributed by atoms with van der Waals surface area (Å²) in [4.78, 5) is 16.4. The Hall–Kier alpha value is -1.66. The van der Waals surface area contributed by atoms with Gasteiger partial charge in [0.2, 0.25) is 5.91 Å². The van der Waals surface area contributed by atoms with Crippen molar-refractivity contribution in [3.8, 4) is 0 Å². The predicted molar refractivity (Wildman–Crippen MR) is 100.0 cm³/mol. The molecule has 1 aliphatic heterocycles. The summed E-state index contributed by atoms with van der Waals surface area (Å²) in [6, 6.07) is 8.17. The molecule has 1 aromatic carbocycles. The molecular formula is C17H26N4OS. The number of anilines is 2. The molecule has 0 aromatic heterocycles. The SMILES string of the molecule is CC(C)CC(=O)NC(=S)Nc1ccc(N2CCN(C)CC2)cc1. The first kappa shape index (κ1) is 17.7. The summed E-state index contributed by atoms with van der Waals surface area (Å²) in [7, 11) is 2.15. The van der Waals surface area contributed by atoms with Gasteiger partial charge >= 0.3 is 0 Å². The molecule has 23 heavy (non-hydrogen) atoms. The smallest absolute Gasteiger partial charge is 0.226 e. The van der Waals surface area contributed by atoms with Gasteiger partial charge < -0.3 is 20.4 Å². The molecule has 2 rings (SSSR count). The number of carbonyl (C=O) groups excluding carboxylic acids is 1. The van der Waals surface area contributed by atoms with Crippen LogP contribution in [0.25, 0.3) is 0 Å². The van der Waals surface area contributed by atoms with Crippen LogP contribution in [0.2, 0.25) is 0 Å². The van der Waals surface area contributed by atoms with Gasteiger partial charge in [0.1, 0.15) is 0 Å². The van der Waals surface area contributed by atoms with E-state index in [4.69, 9.17) is 12.2 Å². The second kappa shape index (κ2) is 8.26. The normalized spacial score (nSPS) is 15.6. The van der Waals surface area contributed by atoms with Gasteiger partial charge in [0.05, 0.1) is 0 Å². The number of amides is 1. The van der Waals surface area contributed by atoms with Crippen LogP contribution in [0.15, 0.2) is 24.3 Å². The Morgan fingerprint density at radius 2 is 1.78 bits per heavy atom. The van der Waals surface area contributed by atoms with E-state index in [1.54, 1.807) is 0 Å². The molecule has 1 aliphatic rings. The van der Waals surface area contributed by atoms with Crippen LogP contribution in [0.3, 0.4) is 0 Å². The van der Waals surface area contributed by atoms with Crippen molar-refractivity contribution in [2.75, 3.05) is 43.4 Å². The topological polar surface area (TPSA) is 47.6 Å². The molecule has 0 saturated carbocycles. The van der Waals surface area contributed by atoms with E-state index in [9.17, 15) is 4.79 Å². The molecule has 126 valence electrons. The lowest BCUT2D eigenvalue weighted by Gasteiger charge is -2.34. The molecule has 0 atom stereocenters. The Balaban J connectivity index is 1.85. The minimum atomic E-state index is -0.0495. The van der Waals surface area contributed by atoms with Gasteiger partial charge in [-0.25, -0.2) is 0 Å². The molecule has 6 heteroatoms. The fraction of sp³-hybridized carbons (Fsp3) is 0.529. The lowest BCUT2D eigenvalue weighted by Crippen LogP contribution is -2.44. The molecule has 2 N–H and O–H groups in total. The number of likely N-dealkylation sites (N-methyl/N-ethyl adjacent to an activating group) is 1. The van der Waals surface area contributed by atoms with Crippen molar-refractivity contribution in [3.63, 3.8) is 0 Å². The molecule has 1 saturated heterocycles. The van der Waals surface area contributed by atoms with Gasteiger partial charge in [-0.3, -0.25) is 4.79 Å². The van der Waals surface area contributed by atoms with Gasteiger partial charge in [0.25, 0.3) is 0 Å². The zero-order valence-electron chi connectivity index (χ0n) is 14.1. The largest absolute Gasteiger partial charge is 0.369 e. The molecule has 1 heterocycles. The third-order valence-corrected chi connectivity index (χ3v) is 4.04. The number of thiocarbonyl (C=S) groups is 1. The summed E-state index contributed by atoms with van der Waals surface area (Å²) < 4.78 is 0. The summed E-state index contributed by atoms with van der Waals surface area (Å²) in [5, 5.41) is 6.11. The maximum Gasteiger partial charge on any atom is 0.226 e. The van der Waals surface area contributed by atoms with E-state index in [1.165, 1.54) is 5.69 Å². The van der Waals surface area contributed by atoms with E-state index in [-0.39, 0.29) is 5.91 Å². The van der Waals surface area contributed by atoms with Crippen LogP contribution in [0.4, 0.5) is 11.4 Å². The number of hydrogen-bond donors (Lipinski definition) is 2. The van der Waals surface area contributed by atoms with E-state index in [0.717, 1.165) is 31.9 Å². The highest BCUT2D eigenvalue weighted by molar-refractivity contribution is 7.80. The fourth-order valence-corrected chi connectivity index (χ4v) is 2.76. The average molecular weight is 334 g/mol. The van der Waals surface area contributed by atoms with Crippen LogP contribution in [-0.2, 0) is 4.79 Å². The second-order valence-corrected chi connectivity index (χ2v) is 6.85. The van der Waals surface area contributed by atoms with Crippen LogP contribution in [0.5, 0.6) is 0 Å². The van der Waals surface area contributed by atoms with Crippen LogP contribution < -0.4 is 15.5 Å². The Morgan fingerprint density at radius 3 is 2.35 bits per heavy atom. The summed E-state index contributed by atoms with van der Waals surface area (Å²) in [6.45, 7) is 8.29. The summed E-state index contributed by atoms with van der Waals surface area (Å²) in [6.07, 6.45) is 0.476. The van der Waals surface area contributed by atoms with Crippen molar-refractivity contribution in [1.29, 1.82) is 0 Å². The Morgan fingerprint density at radius 1 is 1.17 bits per heavy atom. The molecule has 0 aliphatic carbocycles. The Labute approximate surface area is 144 Å². The lowest BCUT2D eigenvalue weighted by molar-refractivity contribution is -0.120. The first-order valence-corrected chi connectivity index (χ1v) is 8.49. The molecule has 0 spiro atoms. The maximum absolute atomic E-state index is 11.7. The zero-order valence-corrected chi connectivity index (χ0v) is 14.9. The standard InChI is InChI=1S/C17H26N4OS/c1-13(2)12-16(22)19-17(23)18-14-4-6-15(7-5-14)21-10-8-20(3)9-11-21/h4-7,13H,8-12H2,1-3H3,(H2,18,19,22,23). The molecule has 1 amide bonds. The Kier molecular flexibility index (Phi) is 6.36. The van der Waals surface area contributed by atoms with Crippen LogP contribution >= 0.6 is 12.2 Å². The third kappa shape index (κ3) is 5.80. The van der Waals surface area contributed by atoms with Crippen molar-refractivity contribution in [2.45, 2.75) is 20.3 Å². The van der Waals surface area contributed by atoms with Crippen LogP contribution in [0, 0.1) is 5.92 Å². The van der Waals surface area contributed by atoms with Crippen LogP contribution in [-0.4, -0.2) is 49.1 Å². The van der Waals surface area contributed by atoms with E-state index >= 15 is 0 Å². The van der Waals surface area contributed by atoms with Crippen molar-refractivity contribution in [1.82, 2.24) is 10.2 Å². The predicted octanol–water partition coefficient (Wildman–Crippen LogP) is 2.30. The van der Waals surface area contributed by atoms with E-state index in [1.807, 2.05) is 26.0 Å². The maximum atomic E-state index is 11.7. The lowest BCUT2D eigenvalue weighted by atomic mass is 10.1. The minimum Gasteiger partial charge on any atom is -0.369 e. The number of hydrogen-bond acceptors (Lipinski definition) is 4. The highest BCUT2D eigenvalue weighted by Crippen LogP contribution is 2.19. The van der Waals surface area contributed by atoms with Gasteiger partial charge in [-0.15, -0.1) is 0 Å². The molecular weight excluding hydrogens is 308 g/mol. The van der Waals surface area contributed by atoms with Gasteiger partial charge in [-0.05, 0) is 49.4 Å². The van der Waals surface area contributed by atoms with E-state index in [2.05, 4.69) is 39.6 Å². The van der Waals surface area contributed by atoms with E-state index < -0.39 is 0 Å². The minimum absolute atomic E-state index is 0.0495. The van der Waals surface area contributed by atoms with Gasteiger partial charge in [0.15, 0.2) is 5.11 Å². The third-order valence-electron chi connectivity index (χ3n) is 3.84. The Bertz CT molecular complexity index is 536. The van der Waals surface area contributed by atoms with Crippen molar-refractivity contribution in [3.05, 3.63) is 24.3 Å². The molecule has 1 fully saturated rings. The molecule has 0 bridgehead atoms. The van der Waals surface area contributed by atoms with Gasteiger partial charge in [-0.2, -0.15) is 0 Å². The first-order valence-electron chi connectivity index (χ1n) is 8.08. The number of rotatable bonds is 4. The van der Waals surface area contributed by atoms with Crippen molar-refractivity contribution in [2.24, 2.45) is 5.92 Å². The second-order valence-electron chi connectivity index (χ2n) is 6.44. The molecule has 0 radical (unpaired) electrons. The highest BCUT2D eigenvalue weighted by atomic mass is 32.1. The molecule has 1 aromatic rings. The molecule has 5 nitrogen and oxygen atoms in total. The number of carbonyl (C=O) groups is 1. The van der Waals surface area contributed by atoms with Crippen LogP contribution in [0.1, 0.15) is 20.3 Å². The van der Waals surface area contributed by atoms with Gasteiger partial charge in [-0.1, -0.05) is 13.8 Å².